The van der Waals surface area contributed by atoms with Gasteiger partial charge >= 0.3 is 0 Å². The molecular weight excluding hydrogens is 392 g/mol. The van der Waals surface area contributed by atoms with Crippen molar-refractivity contribution in [1.29, 1.82) is 0 Å². The Morgan fingerprint density at radius 3 is 2.61 bits per heavy atom. The van der Waals surface area contributed by atoms with Gasteiger partial charge in [-0.1, -0.05) is 30.3 Å². The van der Waals surface area contributed by atoms with Crippen LogP contribution in [0.15, 0.2) is 54.6 Å². The number of aromatic hydroxyl groups is 1. The summed E-state index contributed by atoms with van der Waals surface area (Å²) in [6.45, 7) is 2.83. The Kier molecular flexibility index (Phi) is 5.80. The standard InChI is InChI=1S/C25H26N2O4/c1-16-9-11-21(22(28)14-16)26-24(29)17-6-5-13-27(15-17)25(30)20-10-12-23(31-2)19-8-4-3-7-18(19)20/h3-4,7-12,14,17,28H,5-6,13,15H2,1-2H3,(H,26,29)/t17-/m0/s1. The summed E-state index contributed by atoms with van der Waals surface area (Å²) >= 11 is 0. The van der Waals surface area contributed by atoms with E-state index in [0.717, 1.165) is 28.5 Å². The summed E-state index contributed by atoms with van der Waals surface area (Å²) in [4.78, 5) is 27.9. The molecule has 1 fully saturated rings. The van der Waals surface area contributed by atoms with Gasteiger partial charge in [-0.15, -0.1) is 0 Å². The van der Waals surface area contributed by atoms with E-state index in [1.165, 1.54) is 0 Å². The number of amides is 2. The monoisotopic (exact) mass is 418 g/mol. The highest BCUT2D eigenvalue weighted by atomic mass is 16.5. The van der Waals surface area contributed by atoms with E-state index < -0.39 is 0 Å². The molecule has 1 saturated heterocycles. The number of nitrogens with zero attached hydrogens (tertiary/aromatic N) is 1. The molecule has 4 rings (SSSR count). The van der Waals surface area contributed by atoms with Gasteiger partial charge in [-0.2, -0.15) is 0 Å². The first kappa shape index (κ1) is 20.7. The number of anilines is 1. The molecule has 1 atom stereocenters. The van der Waals surface area contributed by atoms with Crippen LogP contribution in [0.2, 0.25) is 0 Å². The van der Waals surface area contributed by atoms with Gasteiger partial charge in [0.1, 0.15) is 11.5 Å². The molecule has 0 bridgehead atoms. The normalized spacial score (nSPS) is 16.2. The number of phenols is 1. The van der Waals surface area contributed by atoms with Crippen LogP contribution in [0.25, 0.3) is 10.8 Å². The Hall–Kier alpha value is -3.54. The first-order valence-corrected chi connectivity index (χ1v) is 10.4. The average molecular weight is 418 g/mol. The summed E-state index contributed by atoms with van der Waals surface area (Å²) in [5.74, 6) is 0.163. The maximum Gasteiger partial charge on any atom is 0.254 e. The van der Waals surface area contributed by atoms with Gasteiger partial charge in [0, 0.05) is 24.0 Å². The van der Waals surface area contributed by atoms with Crippen LogP contribution in [0.4, 0.5) is 5.69 Å². The smallest absolute Gasteiger partial charge is 0.254 e. The summed E-state index contributed by atoms with van der Waals surface area (Å²) in [5, 5.41) is 14.6. The highest BCUT2D eigenvalue weighted by Crippen LogP contribution is 2.31. The fourth-order valence-electron chi connectivity index (χ4n) is 4.16. The van der Waals surface area contributed by atoms with Crippen LogP contribution in [0.3, 0.4) is 0 Å². The summed E-state index contributed by atoms with van der Waals surface area (Å²) < 4.78 is 5.43. The van der Waals surface area contributed by atoms with Gasteiger partial charge in [-0.25, -0.2) is 0 Å². The predicted octanol–water partition coefficient (Wildman–Crippen LogP) is 4.35. The molecule has 2 N–H and O–H groups in total. The largest absolute Gasteiger partial charge is 0.506 e. The van der Waals surface area contributed by atoms with E-state index >= 15 is 0 Å². The molecule has 31 heavy (non-hydrogen) atoms. The lowest BCUT2D eigenvalue weighted by Gasteiger charge is -2.32. The Morgan fingerprint density at radius 1 is 1.10 bits per heavy atom. The molecule has 6 nitrogen and oxygen atoms in total. The summed E-state index contributed by atoms with van der Waals surface area (Å²) in [7, 11) is 1.61. The number of phenolic OH excluding ortho intramolecular Hbond substituents is 1. The molecule has 1 aliphatic rings. The van der Waals surface area contributed by atoms with E-state index in [4.69, 9.17) is 4.74 Å². The summed E-state index contributed by atoms with van der Waals surface area (Å²) in [5.41, 5.74) is 1.91. The van der Waals surface area contributed by atoms with Crippen LogP contribution in [-0.2, 0) is 4.79 Å². The maximum atomic E-state index is 13.3. The highest BCUT2D eigenvalue weighted by molar-refractivity contribution is 6.08. The number of aryl methyl sites for hydroxylation is 1. The number of nitrogens with one attached hydrogen (secondary N) is 1. The molecule has 1 heterocycles. The van der Waals surface area contributed by atoms with Crippen LogP contribution in [0, 0.1) is 12.8 Å². The van der Waals surface area contributed by atoms with Crippen molar-refractivity contribution >= 4 is 28.3 Å². The number of ether oxygens (including phenoxy) is 1. The first-order valence-electron chi connectivity index (χ1n) is 10.4. The molecule has 3 aromatic rings. The van der Waals surface area contributed by atoms with Crippen molar-refractivity contribution in [1.82, 2.24) is 4.90 Å². The number of hydrogen-bond acceptors (Lipinski definition) is 4. The Bertz CT molecular complexity index is 1140. The van der Waals surface area contributed by atoms with Gasteiger partial charge in [-0.05, 0) is 55.0 Å². The molecule has 2 amide bonds. The van der Waals surface area contributed by atoms with Crippen molar-refractivity contribution in [3.63, 3.8) is 0 Å². The van der Waals surface area contributed by atoms with Gasteiger partial charge in [0.15, 0.2) is 0 Å². The Balaban J connectivity index is 1.53. The first-order chi connectivity index (χ1) is 15.0. The lowest BCUT2D eigenvalue weighted by molar-refractivity contribution is -0.121. The predicted molar refractivity (Wildman–Crippen MR) is 121 cm³/mol. The van der Waals surface area contributed by atoms with E-state index in [1.54, 1.807) is 30.2 Å². The van der Waals surface area contributed by atoms with Crippen molar-refractivity contribution in [3.8, 4) is 11.5 Å². The van der Waals surface area contributed by atoms with Gasteiger partial charge < -0.3 is 20.1 Å². The van der Waals surface area contributed by atoms with E-state index in [-0.39, 0.29) is 23.5 Å². The number of rotatable bonds is 4. The van der Waals surface area contributed by atoms with E-state index in [1.807, 2.05) is 43.3 Å². The van der Waals surface area contributed by atoms with Gasteiger partial charge in [0.05, 0.1) is 18.7 Å². The lowest BCUT2D eigenvalue weighted by Crippen LogP contribution is -2.43. The van der Waals surface area contributed by atoms with Crippen molar-refractivity contribution < 1.29 is 19.4 Å². The molecule has 0 radical (unpaired) electrons. The molecule has 0 unspecified atom stereocenters. The van der Waals surface area contributed by atoms with E-state index in [2.05, 4.69) is 5.32 Å². The van der Waals surface area contributed by atoms with Gasteiger partial charge in [-0.3, -0.25) is 9.59 Å². The second kappa shape index (κ2) is 8.68. The SMILES string of the molecule is COc1ccc(C(=O)N2CCC[C@H](C(=O)Nc3ccc(C)cc3O)C2)c2ccccc12. The quantitative estimate of drug-likeness (QED) is 0.618. The Morgan fingerprint density at radius 2 is 1.87 bits per heavy atom. The topological polar surface area (TPSA) is 78.9 Å². The number of carbonyl (C=O) groups excluding carboxylic acids is 2. The van der Waals surface area contributed by atoms with Crippen molar-refractivity contribution in [3.05, 3.63) is 65.7 Å². The van der Waals surface area contributed by atoms with Gasteiger partial charge in [0.25, 0.3) is 5.91 Å². The van der Waals surface area contributed by atoms with Gasteiger partial charge in [0.2, 0.25) is 5.91 Å². The molecule has 1 aliphatic heterocycles. The second-order valence-electron chi connectivity index (χ2n) is 7.96. The number of carbonyl (C=O) groups is 2. The fraction of sp³-hybridized carbons (Fsp3) is 0.280. The highest BCUT2D eigenvalue weighted by Gasteiger charge is 2.30. The lowest BCUT2D eigenvalue weighted by atomic mass is 9.95. The third-order valence-electron chi connectivity index (χ3n) is 5.82. The molecule has 0 aliphatic carbocycles. The van der Waals surface area contributed by atoms with E-state index in [0.29, 0.717) is 30.8 Å². The number of hydrogen-bond donors (Lipinski definition) is 2. The van der Waals surface area contributed by atoms with Crippen molar-refractivity contribution in [2.75, 3.05) is 25.5 Å². The molecule has 0 spiro atoms. The third-order valence-corrected chi connectivity index (χ3v) is 5.82. The number of likely N-dealkylation sites (tertiary alicyclic amines) is 1. The molecule has 3 aromatic carbocycles. The number of benzene rings is 3. The summed E-state index contributed by atoms with van der Waals surface area (Å²) in [6.07, 6.45) is 1.45. The maximum absolute atomic E-state index is 13.3. The minimum Gasteiger partial charge on any atom is -0.506 e. The van der Waals surface area contributed by atoms with E-state index in [9.17, 15) is 14.7 Å². The molecule has 160 valence electrons. The van der Waals surface area contributed by atoms with Crippen LogP contribution >= 0.6 is 0 Å². The average Bonchev–Trinajstić information content (AvgIpc) is 2.79. The molecular formula is C25H26N2O4. The Labute approximate surface area is 181 Å². The minimum absolute atomic E-state index is 0.0433. The molecule has 0 saturated carbocycles. The fourth-order valence-corrected chi connectivity index (χ4v) is 4.16. The van der Waals surface area contributed by atoms with Crippen molar-refractivity contribution in [2.24, 2.45) is 5.92 Å². The minimum atomic E-state index is -0.331. The number of fused-ring (bicyclic) bond motifs is 1. The third kappa shape index (κ3) is 4.19. The zero-order valence-corrected chi connectivity index (χ0v) is 17.7. The molecule has 6 heteroatoms. The van der Waals surface area contributed by atoms with Crippen LogP contribution in [0.5, 0.6) is 11.5 Å². The number of methoxy groups -OCH3 is 1. The molecule has 0 aromatic heterocycles. The zero-order chi connectivity index (χ0) is 22.0. The van der Waals surface area contributed by atoms with Crippen LogP contribution in [-0.4, -0.2) is 42.0 Å². The van der Waals surface area contributed by atoms with Crippen LogP contribution < -0.4 is 10.1 Å². The van der Waals surface area contributed by atoms with Crippen LogP contribution in [0.1, 0.15) is 28.8 Å². The van der Waals surface area contributed by atoms with Crippen molar-refractivity contribution in [2.45, 2.75) is 19.8 Å². The summed E-state index contributed by atoms with van der Waals surface area (Å²) in [6, 6.07) is 16.4. The number of piperidine rings is 1. The second-order valence-corrected chi connectivity index (χ2v) is 7.96. The zero-order valence-electron chi connectivity index (χ0n) is 17.7.